The largest absolute Gasteiger partial charge is 0.481 e. The Labute approximate surface area is 143 Å². The van der Waals surface area contributed by atoms with Crippen LogP contribution in [0.15, 0.2) is 0 Å². The van der Waals surface area contributed by atoms with Crippen LogP contribution in [0.5, 0.6) is 0 Å². The van der Waals surface area contributed by atoms with E-state index in [1.807, 2.05) is 13.8 Å². The number of carbonyl (C=O) groups excluding carboxylic acids is 2. The number of hydrogen-bond acceptors (Lipinski definition) is 3. The van der Waals surface area contributed by atoms with Crippen LogP contribution in [0.25, 0.3) is 0 Å². The van der Waals surface area contributed by atoms with E-state index in [-0.39, 0.29) is 24.9 Å². The molecule has 6 nitrogen and oxygen atoms in total. The Kier molecular flexibility index (Phi) is 5.63. The highest BCUT2D eigenvalue weighted by molar-refractivity contribution is 5.90. The van der Waals surface area contributed by atoms with Gasteiger partial charge in [-0.05, 0) is 12.8 Å². The van der Waals surface area contributed by atoms with Gasteiger partial charge in [0, 0.05) is 32.1 Å². The van der Waals surface area contributed by atoms with E-state index in [1.165, 1.54) is 0 Å². The summed E-state index contributed by atoms with van der Waals surface area (Å²) in [6, 6.07) is 0.0126. The summed E-state index contributed by atoms with van der Waals surface area (Å²) in [6.45, 7) is 2.93. The molecule has 0 aliphatic carbocycles. The summed E-state index contributed by atoms with van der Waals surface area (Å²) >= 11 is 0. The van der Waals surface area contributed by atoms with E-state index < -0.39 is 48.9 Å². The van der Waals surface area contributed by atoms with Crippen LogP contribution in [0.4, 0.5) is 13.2 Å². The molecule has 1 unspecified atom stereocenters. The predicted octanol–water partition coefficient (Wildman–Crippen LogP) is 1.75. The third-order valence-electron chi connectivity index (χ3n) is 5.26. The van der Waals surface area contributed by atoms with Crippen LogP contribution in [0.2, 0.25) is 0 Å². The maximum Gasteiger partial charge on any atom is 0.394 e. The maximum atomic E-state index is 13.0. The van der Waals surface area contributed by atoms with Gasteiger partial charge in [-0.15, -0.1) is 0 Å². The van der Waals surface area contributed by atoms with E-state index in [9.17, 15) is 27.6 Å². The molecule has 2 fully saturated rings. The molecular formula is C16H23F3N2O4. The first-order valence-corrected chi connectivity index (χ1v) is 8.47. The molecule has 0 aromatic rings. The zero-order valence-electron chi connectivity index (χ0n) is 14.3. The van der Waals surface area contributed by atoms with Crippen molar-refractivity contribution in [3.8, 4) is 0 Å². The lowest BCUT2D eigenvalue weighted by Gasteiger charge is -2.26. The second-order valence-corrected chi connectivity index (χ2v) is 6.75. The van der Waals surface area contributed by atoms with Crippen molar-refractivity contribution < 1.29 is 32.7 Å². The molecule has 2 aliphatic rings. The van der Waals surface area contributed by atoms with Crippen molar-refractivity contribution in [3.63, 3.8) is 0 Å². The van der Waals surface area contributed by atoms with Crippen LogP contribution in [-0.4, -0.2) is 64.5 Å². The Hall–Kier alpha value is -1.80. The summed E-state index contributed by atoms with van der Waals surface area (Å²) < 4.78 is 39.1. The molecule has 2 heterocycles. The molecule has 2 saturated heterocycles. The molecule has 0 saturated carbocycles. The molecular weight excluding hydrogens is 341 g/mol. The second-order valence-electron chi connectivity index (χ2n) is 6.75. The Bertz CT molecular complexity index is 548. The first-order chi connectivity index (χ1) is 11.6. The first-order valence-electron chi connectivity index (χ1n) is 8.47. The standard InChI is InChI=1S/C16H23F3N2O4/c1-3-10(4-2)21-6-9(5-13(21)22)14(23)20-7-11(15(24)25)12(8-20)16(17,18)19/h9-12H,3-8H2,1-2H3,(H,24,25)/t9?,11-,12-/m1/s1. The summed E-state index contributed by atoms with van der Waals surface area (Å²) in [6.07, 6.45) is -3.22. The number of likely N-dealkylation sites (tertiary alicyclic amines) is 2. The number of halogens is 3. The summed E-state index contributed by atoms with van der Waals surface area (Å²) in [5.41, 5.74) is 0. The van der Waals surface area contributed by atoms with Gasteiger partial charge in [0.25, 0.3) is 0 Å². The van der Waals surface area contributed by atoms with E-state index in [1.54, 1.807) is 4.90 Å². The molecule has 2 rings (SSSR count). The van der Waals surface area contributed by atoms with Gasteiger partial charge < -0.3 is 14.9 Å². The number of carboxylic acid groups (broad SMARTS) is 1. The number of alkyl halides is 3. The average molecular weight is 364 g/mol. The van der Waals surface area contributed by atoms with Crippen LogP contribution in [0.3, 0.4) is 0 Å². The molecule has 9 heteroatoms. The summed E-state index contributed by atoms with van der Waals surface area (Å²) in [5, 5.41) is 9.03. The van der Waals surface area contributed by atoms with Crippen LogP contribution >= 0.6 is 0 Å². The lowest BCUT2D eigenvalue weighted by Crippen LogP contribution is -2.39. The minimum absolute atomic E-state index is 0.0126. The van der Waals surface area contributed by atoms with Gasteiger partial charge in [-0.2, -0.15) is 13.2 Å². The predicted molar refractivity (Wildman–Crippen MR) is 81.4 cm³/mol. The van der Waals surface area contributed by atoms with Crippen molar-refractivity contribution in [1.82, 2.24) is 9.80 Å². The van der Waals surface area contributed by atoms with E-state index in [4.69, 9.17) is 5.11 Å². The number of carboxylic acids is 1. The fourth-order valence-electron chi connectivity index (χ4n) is 3.80. The number of amides is 2. The second kappa shape index (κ2) is 7.21. The molecule has 2 aliphatic heterocycles. The molecule has 0 spiro atoms. The van der Waals surface area contributed by atoms with Crippen molar-refractivity contribution in [2.45, 2.75) is 45.3 Å². The zero-order valence-corrected chi connectivity index (χ0v) is 14.3. The lowest BCUT2D eigenvalue weighted by atomic mass is 9.96. The third-order valence-corrected chi connectivity index (χ3v) is 5.26. The van der Waals surface area contributed by atoms with E-state index in [0.29, 0.717) is 0 Å². The van der Waals surface area contributed by atoms with Crippen LogP contribution in [0, 0.1) is 17.8 Å². The smallest absolute Gasteiger partial charge is 0.394 e. The van der Waals surface area contributed by atoms with Gasteiger partial charge in [-0.25, -0.2) is 0 Å². The number of rotatable bonds is 5. The van der Waals surface area contributed by atoms with Crippen molar-refractivity contribution in [3.05, 3.63) is 0 Å². The normalized spacial score (nSPS) is 27.4. The number of nitrogens with zero attached hydrogens (tertiary/aromatic N) is 2. The monoisotopic (exact) mass is 364 g/mol. The van der Waals surface area contributed by atoms with E-state index in [2.05, 4.69) is 0 Å². The van der Waals surface area contributed by atoms with Crippen LogP contribution in [-0.2, 0) is 14.4 Å². The topological polar surface area (TPSA) is 77.9 Å². The minimum Gasteiger partial charge on any atom is -0.481 e. The van der Waals surface area contributed by atoms with Crippen LogP contribution < -0.4 is 0 Å². The quantitative estimate of drug-likeness (QED) is 0.806. The summed E-state index contributed by atoms with van der Waals surface area (Å²) in [4.78, 5) is 38.4. The molecule has 0 bridgehead atoms. The van der Waals surface area contributed by atoms with Gasteiger partial charge in [0.2, 0.25) is 11.8 Å². The van der Waals surface area contributed by atoms with Crippen molar-refractivity contribution in [1.29, 1.82) is 0 Å². The van der Waals surface area contributed by atoms with Gasteiger partial charge in [-0.1, -0.05) is 13.8 Å². The first kappa shape index (κ1) is 19.5. The van der Waals surface area contributed by atoms with Gasteiger partial charge in [0.05, 0.1) is 17.8 Å². The molecule has 0 aromatic carbocycles. The molecule has 0 aromatic heterocycles. The van der Waals surface area contributed by atoms with Crippen molar-refractivity contribution >= 4 is 17.8 Å². The minimum atomic E-state index is -4.68. The molecule has 25 heavy (non-hydrogen) atoms. The van der Waals surface area contributed by atoms with Crippen LogP contribution in [0.1, 0.15) is 33.1 Å². The fraction of sp³-hybridized carbons (Fsp3) is 0.812. The molecule has 142 valence electrons. The summed E-state index contributed by atoms with van der Waals surface area (Å²) in [5.74, 6) is -6.71. The average Bonchev–Trinajstić information content (AvgIpc) is 3.12. The Balaban J connectivity index is 2.09. The fourth-order valence-corrected chi connectivity index (χ4v) is 3.80. The SMILES string of the molecule is CCC(CC)N1CC(C(=O)N2C[C@@H](C(F)(F)F)[C@H](C(=O)O)C2)CC1=O. The molecule has 2 amide bonds. The van der Waals surface area contributed by atoms with Gasteiger partial charge in [-0.3, -0.25) is 14.4 Å². The molecule has 3 atom stereocenters. The van der Waals surface area contributed by atoms with Crippen molar-refractivity contribution in [2.75, 3.05) is 19.6 Å². The number of hydrogen-bond donors (Lipinski definition) is 1. The number of aliphatic carboxylic acids is 1. The summed E-state index contributed by atoms with van der Waals surface area (Å²) in [7, 11) is 0. The zero-order chi connectivity index (χ0) is 18.9. The highest BCUT2D eigenvalue weighted by Gasteiger charge is 2.54. The van der Waals surface area contributed by atoms with Crippen molar-refractivity contribution in [2.24, 2.45) is 17.8 Å². The number of carbonyl (C=O) groups is 3. The van der Waals surface area contributed by atoms with Gasteiger partial charge >= 0.3 is 12.1 Å². The van der Waals surface area contributed by atoms with Gasteiger partial charge in [0.15, 0.2) is 0 Å². The lowest BCUT2D eigenvalue weighted by molar-refractivity contribution is -0.188. The highest BCUT2D eigenvalue weighted by atomic mass is 19.4. The maximum absolute atomic E-state index is 13.0. The van der Waals surface area contributed by atoms with E-state index >= 15 is 0 Å². The Morgan fingerprint density at radius 1 is 1.20 bits per heavy atom. The highest BCUT2D eigenvalue weighted by Crippen LogP contribution is 2.38. The van der Waals surface area contributed by atoms with Gasteiger partial charge in [0.1, 0.15) is 0 Å². The Morgan fingerprint density at radius 2 is 1.80 bits per heavy atom. The molecule has 1 N–H and O–H groups in total. The molecule has 0 radical (unpaired) electrons. The Morgan fingerprint density at radius 3 is 2.24 bits per heavy atom. The van der Waals surface area contributed by atoms with E-state index in [0.717, 1.165) is 17.7 Å². The third kappa shape index (κ3) is 3.90.